The van der Waals surface area contributed by atoms with Crippen molar-refractivity contribution >= 4 is 23.2 Å². The Hall–Kier alpha value is -2.54. The third-order valence-electron chi connectivity index (χ3n) is 2.78. The van der Waals surface area contributed by atoms with Gasteiger partial charge in [-0.3, -0.25) is 4.57 Å². The maximum atomic E-state index is 13.3. The molecule has 3 aromatic rings. The van der Waals surface area contributed by atoms with Crippen LogP contribution in [-0.4, -0.2) is 24.5 Å². The molecule has 2 heterocycles. The summed E-state index contributed by atoms with van der Waals surface area (Å²) in [5, 5.41) is 2.97. The molecule has 106 valence electrons. The van der Waals surface area contributed by atoms with Crippen LogP contribution in [0.2, 0.25) is 5.28 Å². The van der Waals surface area contributed by atoms with Gasteiger partial charge in [-0.2, -0.15) is 15.0 Å². The zero-order chi connectivity index (χ0) is 14.8. The number of hydrogen-bond donors (Lipinski definition) is 1. The third-order valence-corrected chi connectivity index (χ3v) is 2.95. The van der Waals surface area contributed by atoms with Crippen molar-refractivity contribution in [1.29, 1.82) is 0 Å². The lowest BCUT2D eigenvalue weighted by molar-refractivity contribution is 0.628. The van der Waals surface area contributed by atoms with Gasteiger partial charge in [0, 0.05) is 18.1 Å². The maximum absolute atomic E-state index is 13.3. The van der Waals surface area contributed by atoms with E-state index in [1.54, 1.807) is 29.4 Å². The second-order valence-corrected chi connectivity index (χ2v) is 4.62. The molecule has 0 radical (unpaired) electrons. The molecule has 0 aliphatic heterocycles. The molecule has 0 atom stereocenters. The zero-order valence-corrected chi connectivity index (χ0v) is 11.7. The highest BCUT2D eigenvalue weighted by molar-refractivity contribution is 6.28. The fraction of sp³-hybridized carbons (Fsp3) is 0.0769. The van der Waals surface area contributed by atoms with Crippen LogP contribution in [-0.2, 0) is 0 Å². The topological polar surface area (TPSA) is 68.5 Å². The molecule has 0 fully saturated rings. The first kappa shape index (κ1) is 13.4. The standard InChI is InChI=1S/C13H10ClFN6/c1-8-2-3-9(15)6-10(8)17-12-18-11(14)19-13(20-12)21-5-4-16-7-21/h2-7H,1H3,(H,17,18,19,20). The van der Waals surface area contributed by atoms with Crippen molar-refractivity contribution in [2.24, 2.45) is 0 Å². The van der Waals surface area contributed by atoms with Gasteiger partial charge >= 0.3 is 0 Å². The molecule has 8 heteroatoms. The number of halogens is 2. The van der Waals surface area contributed by atoms with Crippen LogP contribution in [0.15, 0.2) is 36.9 Å². The average Bonchev–Trinajstić information content (AvgIpc) is 2.96. The number of hydrogen-bond acceptors (Lipinski definition) is 5. The van der Waals surface area contributed by atoms with Gasteiger partial charge in [0.25, 0.3) is 0 Å². The van der Waals surface area contributed by atoms with E-state index in [1.165, 1.54) is 12.1 Å². The minimum Gasteiger partial charge on any atom is -0.324 e. The van der Waals surface area contributed by atoms with E-state index in [-0.39, 0.29) is 17.0 Å². The third kappa shape index (κ3) is 2.97. The number of rotatable bonds is 3. The van der Waals surface area contributed by atoms with Gasteiger partial charge in [-0.15, -0.1) is 0 Å². The van der Waals surface area contributed by atoms with Crippen LogP contribution in [0.25, 0.3) is 5.95 Å². The Morgan fingerprint density at radius 1 is 1.24 bits per heavy atom. The number of anilines is 2. The Kier molecular flexibility index (Phi) is 3.49. The Balaban J connectivity index is 1.97. The summed E-state index contributed by atoms with van der Waals surface area (Å²) in [7, 11) is 0. The molecule has 3 rings (SSSR count). The Morgan fingerprint density at radius 2 is 2.10 bits per heavy atom. The van der Waals surface area contributed by atoms with Gasteiger partial charge in [-0.05, 0) is 36.2 Å². The SMILES string of the molecule is Cc1ccc(F)cc1Nc1nc(Cl)nc(-n2ccnc2)n1. The number of nitrogens with zero attached hydrogens (tertiary/aromatic N) is 5. The molecular weight excluding hydrogens is 295 g/mol. The van der Waals surface area contributed by atoms with E-state index in [2.05, 4.69) is 25.3 Å². The molecule has 0 aliphatic rings. The lowest BCUT2D eigenvalue weighted by Gasteiger charge is -2.09. The summed E-state index contributed by atoms with van der Waals surface area (Å²) in [5.74, 6) is 0.203. The molecule has 2 aromatic heterocycles. The van der Waals surface area contributed by atoms with E-state index < -0.39 is 0 Å². The highest BCUT2D eigenvalue weighted by Crippen LogP contribution is 2.20. The fourth-order valence-corrected chi connectivity index (χ4v) is 1.89. The van der Waals surface area contributed by atoms with E-state index in [9.17, 15) is 4.39 Å². The first-order valence-corrected chi connectivity index (χ1v) is 6.43. The summed E-state index contributed by atoms with van der Waals surface area (Å²) in [6, 6.07) is 4.42. The molecule has 21 heavy (non-hydrogen) atoms. The van der Waals surface area contributed by atoms with E-state index in [0.29, 0.717) is 11.6 Å². The summed E-state index contributed by atoms with van der Waals surface area (Å²) in [6.45, 7) is 1.85. The Bertz CT molecular complexity index is 774. The fourth-order valence-electron chi connectivity index (χ4n) is 1.74. The van der Waals surface area contributed by atoms with Crippen LogP contribution in [0.4, 0.5) is 16.0 Å². The highest BCUT2D eigenvalue weighted by atomic mass is 35.5. The molecule has 0 bridgehead atoms. The smallest absolute Gasteiger partial charge is 0.241 e. The maximum Gasteiger partial charge on any atom is 0.241 e. The van der Waals surface area contributed by atoms with Gasteiger partial charge in [-0.25, -0.2) is 9.37 Å². The summed E-state index contributed by atoms with van der Waals surface area (Å²) in [6.07, 6.45) is 4.83. The molecule has 0 unspecified atom stereocenters. The van der Waals surface area contributed by atoms with Crippen LogP contribution >= 0.6 is 11.6 Å². The summed E-state index contributed by atoms with van der Waals surface area (Å²) >= 11 is 5.89. The van der Waals surface area contributed by atoms with E-state index in [1.807, 2.05) is 6.92 Å². The van der Waals surface area contributed by atoms with Gasteiger partial charge in [-0.1, -0.05) is 6.07 Å². The van der Waals surface area contributed by atoms with Crippen molar-refractivity contribution in [2.75, 3.05) is 5.32 Å². The van der Waals surface area contributed by atoms with Crippen LogP contribution < -0.4 is 5.32 Å². The van der Waals surface area contributed by atoms with Crippen molar-refractivity contribution in [3.05, 3.63) is 53.6 Å². The van der Waals surface area contributed by atoms with Crippen LogP contribution in [0.1, 0.15) is 5.56 Å². The summed E-state index contributed by atoms with van der Waals surface area (Å²) in [4.78, 5) is 16.1. The van der Waals surface area contributed by atoms with Crippen LogP contribution in [0.3, 0.4) is 0 Å². The predicted molar refractivity (Wildman–Crippen MR) is 76.4 cm³/mol. The summed E-state index contributed by atoms with van der Waals surface area (Å²) in [5.41, 5.74) is 1.42. The first-order chi connectivity index (χ1) is 10.1. The van der Waals surface area contributed by atoms with Crippen molar-refractivity contribution in [3.8, 4) is 5.95 Å². The van der Waals surface area contributed by atoms with Gasteiger partial charge in [0.15, 0.2) is 0 Å². The Labute approximate surface area is 124 Å². The van der Waals surface area contributed by atoms with Crippen LogP contribution in [0.5, 0.6) is 0 Å². The van der Waals surface area contributed by atoms with Crippen LogP contribution in [0, 0.1) is 12.7 Å². The van der Waals surface area contributed by atoms with E-state index >= 15 is 0 Å². The first-order valence-electron chi connectivity index (χ1n) is 6.05. The molecular formula is C13H10ClFN6. The lowest BCUT2D eigenvalue weighted by Crippen LogP contribution is -2.06. The number of imidazole rings is 1. The summed E-state index contributed by atoms with van der Waals surface area (Å²) < 4.78 is 14.9. The Morgan fingerprint density at radius 3 is 2.86 bits per heavy atom. The van der Waals surface area contributed by atoms with Gasteiger partial charge in [0.2, 0.25) is 17.2 Å². The lowest BCUT2D eigenvalue weighted by atomic mass is 10.2. The molecule has 1 N–H and O–H groups in total. The van der Waals surface area contributed by atoms with Crippen molar-refractivity contribution in [1.82, 2.24) is 24.5 Å². The zero-order valence-electron chi connectivity index (χ0n) is 11.0. The number of nitrogens with one attached hydrogen (secondary N) is 1. The normalized spacial score (nSPS) is 10.6. The van der Waals surface area contributed by atoms with Gasteiger partial charge < -0.3 is 5.32 Å². The van der Waals surface area contributed by atoms with E-state index in [4.69, 9.17) is 11.6 Å². The van der Waals surface area contributed by atoms with Crippen molar-refractivity contribution < 1.29 is 4.39 Å². The molecule has 1 aromatic carbocycles. The highest BCUT2D eigenvalue weighted by Gasteiger charge is 2.08. The van der Waals surface area contributed by atoms with Crippen molar-refractivity contribution in [3.63, 3.8) is 0 Å². The average molecular weight is 305 g/mol. The van der Waals surface area contributed by atoms with Crippen molar-refractivity contribution in [2.45, 2.75) is 6.92 Å². The number of benzene rings is 1. The second kappa shape index (κ2) is 5.45. The second-order valence-electron chi connectivity index (χ2n) is 4.28. The monoisotopic (exact) mass is 304 g/mol. The van der Waals surface area contributed by atoms with E-state index in [0.717, 1.165) is 5.56 Å². The largest absolute Gasteiger partial charge is 0.324 e. The minimum atomic E-state index is -0.349. The number of aromatic nitrogens is 5. The molecule has 0 amide bonds. The molecule has 0 saturated carbocycles. The van der Waals surface area contributed by atoms with Gasteiger partial charge in [0.05, 0.1) is 0 Å². The minimum absolute atomic E-state index is 0.0326. The molecule has 0 spiro atoms. The predicted octanol–water partition coefficient (Wildman–Crippen LogP) is 2.90. The number of aryl methyl sites for hydroxylation is 1. The van der Waals surface area contributed by atoms with Gasteiger partial charge in [0.1, 0.15) is 12.1 Å². The molecule has 0 saturated heterocycles. The molecule has 6 nitrogen and oxygen atoms in total. The quantitative estimate of drug-likeness (QED) is 0.806. The molecule has 0 aliphatic carbocycles.